The first kappa shape index (κ1) is 22.3. The molecule has 1 amide bonds. The van der Waals surface area contributed by atoms with Crippen molar-refractivity contribution in [2.45, 2.75) is 30.0 Å². The molecule has 0 fully saturated rings. The number of hydrogen-bond donors (Lipinski definition) is 1. The Labute approximate surface area is 177 Å². The van der Waals surface area contributed by atoms with Crippen LogP contribution in [0, 0.1) is 0 Å². The van der Waals surface area contributed by atoms with Crippen LogP contribution in [-0.2, 0) is 14.9 Å². The van der Waals surface area contributed by atoms with E-state index in [0.29, 0.717) is 22.8 Å². The lowest BCUT2D eigenvalue weighted by atomic mass is 9.92. The van der Waals surface area contributed by atoms with Gasteiger partial charge < -0.3 is 9.47 Å². The molecular formula is C18H20Cl3N3O4. The molecule has 7 nitrogen and oxygen atoms in total. The number of alkyl halides is 3. The van der Waals surface area contributed by atoms with Crippen LogP contribution in [-0.4, -0.2) is 39.4 Å². The van der Waals surface area contributed by atoms with Gasteiger partial charge in [0.05, 0.1) is 24.1 Å². The quantitative estimate of drug-likeness (QED) is 0.533. The van der Waals surface area contributed by atoms with Gasteiger partial charge in [-0.3, -0.25) is 5.32 Å². The average Bonchev–Trinajstić information content (AvgIpc) is 3.03. The minimum Gasteiger partial charge on any atom is -0.465 e. The molecule has 0 aliphatic carbocycles. The Balaban J connectivity index is 2.39. The number of nitrogens with zero attached hydrogens (tertiary/aromatic N) is 2. The van der Waals surface area contributed by atoms with E-state index in [0.717, 1.165) is 0 Å². The zero-order valence-electron chi connectivity index (χ0n) is 15.8. The summed E-state index contributed by atoms with van der Waals surface area (Å²) in [5, 5.41) is 7.14. The molecule has 0 unspecified atom stereocenters. The van der Waals surface area contributed by atoms with Crippen molar-refractivity contribution in [3.8, 4) is 5.69 Å². The Kier molecular flexibility index (Phi) is 6.85. The molecule has 0 saturated carbocycles. The van der Waals surface area contributed by atoms with Crippen molar-refractivity contribution in [2.75, 3.05) is 19.0 Å². The Morgan fingerprint density at radius 2 is 1.86 bits per heavy atom. The van der Waals surface area contributed by atoms with E-state index in [1.165, 1.54) is 11.8 Å². The van der Waals surface area contributed by atoms with Crippen LogP contribution in [0.15, 0.2) is 30.3 Å². The highest BCUT2D eigenvalue weighted by Gasteiger charge is 2.25. The molecule has 10 heteroatoms. The highest BCUT2D eigenvalue weighted by molar-refractivity contribution is 6.67. The second-order valence-electron chi connectivity index (χ2n) is 6.93. The van der Waals surface area contributed by atoms with Gasteiger partial charge in [0.15, 0.2) is 0 Å². The predicted octanol–water partition coefficient (Wildman–Crippen LogP) is 4.88. The van der Waals surface area contributed by atoms with E-state index in [9.17, 15) is 9.59 Å². The normalized spacial score (nSPS) is 11.8. The molecule has 2 rings (SSSR count). The molecule has 0 aliphatic rings. The first-order chi connectivity index (χ1) is 12.9. The van der Waals surface area contributed by atoms with E-state index in [1.54, 1.807) is 30.3 Å². The number of anilines is 1. The Bertz CT molecular complexity index is 870. The molecule has 1 heterocycles. The van der Waals surface area contributed by atoms with Gasteiger partial charge in [0.25, 0.3) is 0 Å². The van der Waals surface area contributed by atoms with Crippen LogP contribution in [0.1, 0.15) is 36.8 Å². The third kappa shape index (κ3) is 6.02. The zero-order chi connectivity index (χ0) is 21.1. The van der Waals surface area contributed by atoms with Crippen LogP contribution in [0.3, 0.4) is 0 Å². The molecule has 2 aromatic rings. The summed E-state index contributed by atoms with van der Waals surface area (Å²) in [5.41, 5.74) is 1.32. The number of carbonyl (C=O) groups is 2. The van der Waals surface area contributed by atoms with Crippen molar-refractivity contribution in [1.29, 1.82) is 0 Å². The summed E-state index contributed by atoms with van der Waals surface area (Å²) in [7, 11) is 1.30. The van der Waals surface area contributed by atoms with Gasteiger partial charge in [-0.25, -0.2) is 14.3 Å². The molecule has 0 saturated heterocycles. The van der Waals surface area contributed by atoms with Gasteiger partial charge in [0, 0.05) is 11.5 Å². The van der Waals surface area contributed by atoms with Crippen LogP contribution >= 0.6 is 34.8 Å². The lowest BCUT2D eigenvalue weighted by molar-refractivity contribution is 0.0600. The standard InChI is InChI=1S/C18H20Cl3N3O4/c1-17(2,3)13-9-14(22-16(26)28-10-18(19,20)21)24(23-13)12-7-5-6-11(8-12)15(25)27-4/h5-9H,10H2,1-4H3,(H,22,26). The summed E-state index contributed by atoms with van der Waals surface area (Å²) < 4.78 is 9.43. The van der Waals surface area contributed by atoms with Crippen molar-refractivity contribution in [3.05, 3.63) is 41.6 Å². The molecule has 1 N–H and O–H groups in total. The molecule has 0 aliphatic heterocycles. The summed E-state index contributed by atoms with van der Waals surface area (Å²) in [5.74, 6) is -0.150. The van der Waals surface area contributed by atoms with Crippen LogP contribution in [0.5, 0.6) is 0 Å². The minimum absolute atomic E-state index is 0.289. The fraction of sp³-hybridized carbons (Fsp3) is 0.389. The smallest absolute Gasteiger partial charge is 0.412 e. The van der Waals surface area contributed by atoms with Gasteiger partial charge in [-0.15, -0.1) is 0 Å². The third-order valence-electron chi connectivity index (χ3n) is 3.59. The summed E-state index contributed by atoms with van der Waals surface area (Å²) >= 11 is 16.8. The molecule has 0 atom stereocenters. The minimum atomic E-state index is -1.72. The number of esters is 1. The number of benzene rings is 1. The van der Waals surface area contributed by atoms with Gasteiger partial charge >= 0.3 is 12.1 Å². The summed E-state index contributed by atoms with van der Waals surface area (Å²) in [4.78, 5) is 23.9. The van der Waals surface area contributed by atoms with Crippen molar-refractivity contribution in [1.82, 2.24) is 9.78 Å². The maximum absolute atomic E-state index is 12.1. The van der Waals surface area contributed by atoms with Crippen molar-refractivity contribution < 1.29 is 19.1 Å². The van der Waals surface area contributed by atoms with E-state index in [2.05, 4.69) is 10.4 Å². The maximum Gasteiger partial charge on any atom is 0.412 e. The number of ether oxygens (including phenoxy) is 2. The number of hydrogen-bond acceptors (Lipinski definition) is 5. The van der Waals surface area contributed by atoms with Crippen LogP contribution < -0.4 is 5.32 Å². The first-order valence-electron chi connectivity index (χ1n) is 8.20. The number of methoxy groups -OCH3 is 1. The highest BCUT2D eigenvalue weighted by Crippen LogP contribution is 2.28. The van der Waals surface area contributed by atoms with Gasteiger partial charge in [0.1, 0.15) is 12.4 Å². The Morgan fingerprint density at radius 3 is 2.43 bits per heavy atom. The van der Waals surface area contributed by atoms with Gasteiger partial charge in [0.2, 0.25) is 3.79 Å². The van der Waals surface area contributed by atoms with Crippen LogP contribution in [0.4, 0.5) is 10.6 Å². The average molecular weight is 449 g/mol. The second-order valence-corrected chi connectivity index (χ2v) is 9.45. The zero-order valence-corrected chi connectivity index (χ0v) is 18.0. The van der Waals surface area contributed by atoms with E-state index < -0.39 is 22.5 Å². The number of amides is 1. The lowest BCUT2D eigenvalue weighted by Crippen LogP contribution is -2.22. The fourth-order valence-corrected chi connectivity index (χ4v) is 2.37. The van der Waals surface area contributed by atoms with E-state index >= 15 is 0 Å². The number of rotatable bonds is 4. The van der Waals surface area contributed by atoms with Gasteiger partial charge in [-0.2, -0.15) is 5.10 Å². The first-order valence-corrected chi connectivity index (χ1v) is 9.34. The topological polar surface area (TPSA) is 82.5 Å². The molecular weight excluding hydrogens is 429 g/mol. The molecule has 1 aromatic carbocycles. The predicted molar refractivity (Wildman–Crippen MR) is 109 cm³/mol. The highest BCUT2D eigenvalue weighted by atomic mass is 35.6. The lowest BCUT2D eigenvalue weighted by Gasteiger charge is -2.14. The maximum atomic E-state index is 12.1. The number of halogens is 3. The molecule has 0 spiro atoms. The van der Waals surface area contributed by atoms with Crippen LogP contribution in [0.2, 0.25) is 0 Å². The van der Waals surface area contributed by atoms with Crippen molar-refractivity contribution >= 4 is 52.7 Å². The molecule has 1 aromatic heterocycles. The van der Waals surface area contributed by atoms with E-state index in [1.807, 2.05) is 20.8 Å². The SMILES string of the molecule is COC(=O)c1cccc(-n2nc(C(C)(C)C)cc2NC(=O)OCC(Cl)(Cl)Cl)c1. The summed E-state index contributed by atoms with van der Waals surface area (Å²) in [6, 6.07) is 8.35. The Morgan fingerprint density at radius 1 is 1.18 bits per heavy atom. The number of aromatic nitrogens is 2. The van der Waals surface area contributed by atoms with Gasteiger partial charge in [-0.05, 0) is 18.2 Å². The van der Waals surface area contributed by atoms with E-state index in [4.69, 9.17) is 44.3 Å². The Hall–Kier alpha value is -1.96. The van der Waals surface area contributed by atoms with Gasteiger partial charge in [-0.1, -0.05) is 61.6 Å². The van der Waals surface area contributed by atoms with Crippen molar-refractivity contribution in [2.24, 2.45) is 0 Å². The summed E-state index contributed by atoms with van der Waals surface area (Å²) in [6.07, 6.45) is -0.808. The van der Waals surface area contributed by atoms with Crippen molar-refractivity contribution in [3.63, 3.8) is 0 Å². The molecule has 28 heavy (non-hydrogen) atoms. The third-order valence-corrected chi connectivity index (χ3v) is 3.91. The summed E-state index contributed by atoms with van der Waals surface area (Å²) in [6.45, 7) is 5.53. The second kappa shape index (κ2) is 8.59. The van der Waals surface area contributed by atoms with Crippen LogP contribution in [0.25, 0.3) is 5.69 Å². The monoisotopic (exact) mass is 447 g/mol. The molecule has 0 radical (unpaired) electrons. The van der Waals surface area contributed by atoms with E-state index in [-0.39, 0.29) is 5.41 Å². The largest absolute Gasteiger partial charge is 0.465 e. The fourth-order valence-electron chi connectivity index (χ4n) is 2.20. The number of nitrogens with one attached hydrogen (secondary N) is 1. The number of carbonyl (C=O) groups excluding carboxylic acids is 2. The molecule has 152 valence electrons. The molecule has 0 bridgehead atoms.